The van der Waals surface area contributed by atoms with E-state index in [1.165, 1.54) is 0 Å². The van der Waals surface area contributed by atoms with E-state index in [9.17, 15) is 13.2 Å². The molecule has 22 heavy (non-hydrogen) atoms. The van der Waals surface area contributed by atoms with Gasteiger partial charge in [-0.05, 0) is 43.9 Å². The van der Waals surface area contributed by atoms with Gasteiger partial charge >= 0.3 is 6.18 Å². The van der Waals surface area contributed by atoms with Gasteiger partial charge in [-0.25, -0.2) is 0 Å². The van der Waals surface area contributed by atoms with Crippen molar-refractivity contribution in [2.75, 3.05) is 38.1 Å². The molecule has 122 valence electrons. The third-order valence-electron chi connectivity index (χ3n) is 5.00. The molecule has 2 aliphatic rings. The second-order valence-electron chi connectivity index (χ2n) is 7.08. The maximum Gasteiger partial charge on any atom is 0.393 e. The molecule has 2 nitrogen and oxygen atoms in total. The topological polar surface area (TPSA) is 6.48 Å². The fourth-order valence-corrected chi connectivity index (χ4v) is 4.02. The maximum atomic E-state index is 12.8. The van der Waals surface area contributed by atoms with Crippen LogP contribution in [0, 0.1) is 12.3 Å². The van der Waals surface area contributed by atoms with Crippen LogP contribution in [0.1, 0.15) is 24.0 Å². The van der Waals surface area contributed by atoms with Crippen molar-refractivity contribution in [3.05, 3.63) is 29.3 Å². The highest BCUT2D eigenvalue weighted by Crippen LogP contribution is 2.41. The fourth-order valence-electron chi connectivity index (χ4n) is 4.02. The Morgan fingerprint density at radius 3 is 2.32 bits per heavy atom. The van der Waals surface area contributed by atoms with Gasteiger partial charge in [-0.1, -0.05) is 17.7 Å². The first-order valence-electron chi connectivity index (χ1n) is 7.86. The summed E-state index contributed by atoms with van der Waals surface area (Å²) in [7, 11) is 2.12. The molecule has 0 saturated carbocycles. The van der Waals surface area contributed by atoms with Gasteiger partial charge in [-0.3, -0.25) is 0 Å². The summed E-state index contributed by atoms with van der Waals surface area (Å²) in [4.78, 5) is 4.46. The molecule has 2 fully saturated rings. The highest BCUT2D eigenvalue weighted by molar-refractivity contribution is 5.55. The molecule has 1 spiro atoms. The molecular weight excluding hydrogens is 289 g/mol. The quantitative estimate of drug-likeness (QED) is 0.823. The van der Waals surface area contributed by atoms with Crippen molar-refractivity contribution in [1.29, 1.82) is 0 Å². The van der Waals surface area contributed by atoms with Gasteiger partial charge in [0.1, 0.15) is 0 Å². The van der Waals surface area contributed by atoms with E-state index in [-0.39, 0.29) is 0 Å². The van der Waals surface area contributed by atoms with E-state index in [2.05, 4.69) is 16.8 Å². The first-order valence-corrected chi connectivity index (χ1v) is 7.86. The largest absolute Gasteiger partial charge is 0.393 e. The molecule has 2 aliphatic heterocycles. The normalized spacial score (nSPS) is 22.0. The monoisotopic (exact) mass is 312 g/mol. The number of nitrogens with zero attached hydrogens (tertiary/aromatic N) is 2. The van der Waals surface area contributed by atoms with Crippen LogP contribution in [-0.2, 0) is 6.42 Å². The second kappa shape index (κ2) is 5.44. The number of likely N-dealkylation sites (tertiary alicyclic amines) is 1. The number of alkyl halides is 3. The Bertz CT molecular complexity index is 537. The van der Waals surface area contributed by atoms with E-state index in [1.807, 2.05) is 19.1 Å². The Kier molecular flexibility index (Phi) is 3.87. The molecule has 2 saturated heterocycles. The average molecular weight is 312 g/mol. The second-order valence-corrected chi connectivity index (χ2v) is 7.08. The zero-order valence-electron chi connectivity index (χ0n) is 13.2. The lowest BCUT2D eigenvalue weighted by molar-refractivity contribution is -0.127. The van der Waals surface area contributed by atoms with Crippen LogP contribution in [0.25, 0.3) is 0 Å². The van der Waals surface area contributed by atoms with Crippen molar-refractivity contribution >= 4 is 5.69 Å². The predicted molar refractivity (Wildman–Crippen MR) is 82.3 cm³/mol. The highest BCUT2D eigenvalue weighted by Gasteiger charge is 2.43. The number of hydrogen-bond donors (Lipinski definition) is 0. The Morgan fingerprint density at radius 1 is 1.14 bits per heavy atom. The van der Waals surface area contributed by atoms with Crippen molar-refractivity contribution in [3.8, 4) is 0 Å². The molecule has 0 N–H and O–H groups in total. The number of rotatable bonds is 2. The lowest BCUT2D eigenvalue weighted by Gasteiger charge is -2.53. The SMILES string of the molecule is Cc1ccc(N2CCC3(CC2)CN(C)C3)c(CC(F)(F)F)c1. The minimum atomic E-state index is -4.16. The van der Waals surface area contributed by atoms with Crippen LogP contribution < -0.4 is 4.90 Å². The van der Waals surface area contributed by atoms with Crippen molar-refractivity contribution in [2.24, 2.45) is 5.41 Å². The summed E-state index contributed by atoms with van der Waals surface area (Å²) < 4.78 is 38.5. The number of hydrogen-bond acceptors (Lipinski definition) is 2. The van der Waals surface area contributed by atoms with E-state index < -0.39 is 12.6 Å². The van der Waals surface area contributed by atoms with E-state index >= 15 is 0 Å². The predicted octanol–water partition coefficient (Wildman–Crippen LogP) is 3.63. The Balaban J connectivity index is 1.75. The minimum Gasteiger partial charge on any atom is -0.371 e. The van der Waals surface area contributed by atoms with E-state index in [0.29, 0.717) is 11.0 Å². The van der Waals surface area contributed by atoms with Crippen LogP contribution in [0.5, 0.6) is 0 Å². The van der Waals surface area contributed by atoms with E-state index in [0.717, 1.165) is 50.3 Å². The van der Waals surface area contributed by atoms with Crippen molar-refractivity contribution in [1.82, 2.24) is 4.90 Å². The third-order valence-corrected chi connectivity index (χ3v) is 5.00. The molecule has 1 aromatic rings. The number of halogens is 3. The van der Waals surface area contributed by atoms with Crippen molar-refractivity contribution < 1.29 is 13.2 Å². The highest BCUT2D eigenvalue weighted by atomic mass is 19.4. The lowest BCUT2D eigenvalue weighted by atomic mass is 9.72. The molecule has 0 amide bonds. The molecule has 0 unspecified atom stereocenters. The van der Waals surface area contributed by atoms with E-state index in [4.69, 9.17) is 0 Å². The average Bonchev–Trinajstić information content (AvgIpc) is 2.37. The Labute approximate surface area is 129 Å². The number of aryl methyl sites for hydroxylation is 1. The van der Waals surface area contributed by atoms with Crippen LogP contribution in [0.15, 0.2) is 18.2 Å². The summed E-state index contributed by atoms with van der Waals surface area (Å²) in [5.41, 5.74) is 2.48. The number of anilines is 1. The molecule has 5 heteroatoms. The summed E-state index contributed by atoms with van der Waals surface area (Å²) >= 11 is 0. The van der Waals surface area contributed by atoms with Crippen LogP contribution in [0.3, 0.4) is 0 Å². The smallest absolute Gasteiger partial charge is 0.371 e. The minimum absolute atomic E-state index is 0.411. The van der Waals surface area contributed by atoms with E-state index in [1.54, 1.807) is 6.07 Å². The molecular formula is C17H23F3N2. The first-order chi connectivity index (χ1) is 10.3. The van der Waals surface area contributed by atoms with Gasteiger partial charge in [-0.15, -0.1) is 0 Å². The molecule has 0 radical (unpaired) electrons. The summed E-state index contributed by atoms with van der Waals surface area (Å²) in [6, 6.07) is 5.46. The van der Waals surface area contributed by atoms with Gasteiger partial charge in [0, 0.05) is 31.9 Å². The van der Waals surface area contributed by atoms with Gasteiger partial charge in [0.25, 0.3) is 0 Å². The zero-order chi connectivity index (χ0) is 16.0. The summed E-state index contributed by atoms with van der Waals surface area (Å²) in [5, 5.41) is 0. The summed E-state index contributed by atoms with van der Waals surface area (Å²) in [6.45, 7) is 5.83. The number of piperidine rings is 1. The summed E-state index contributed by atoms with van der Waals surface area (Å²) in [5.74, 6) is 0. The van der Waals surface area contributed by atoms with Gasteiger partial charge in [0.05, 0.1) is 6.42 Å². The molecule has 0 aromatic heterocycles. The maximum absolute atomic E-state index is 12.8. The Hall–Kier alpha value is -1.23. The fraction of sp³-hybridized carbons (Fsp3) is 0.647. The molecule has 0 aliphatic carbocycles. The summed E-state index contributed by atoms with van der Waals surface area (Å²) in [6.07, 6.45) is -2.84. The molecule has 0 atom stereocenters. The van der Waals surface area contributed by atoms with Gasteiger partial charge in [-0.2, -0.15) is 13.2 Å². The van der Waals surface area contributed by atoms with Crippen LogP contribution >= 0.6 is 0 Å². The standard InChI is InChI=1S/C17H23F3N2/c1-13-3-4-15(14(9-13)10-17(18,19)20)22-7-5-16(6-8-22)11-21(2)12-16/h3-4,9H,5-8,10-12H2,1-2H3. The third kappa shape index (κ3) is 3.24. The van der Waals surface area contributed by atoms with Crippen molar-refractivity contribution in [2.45, 2.75) is 32.4 Å². The van der Waals surface area contributed by atoms with Crippen LogP contribution in [0.4, 0.5) is 18.9 Å². The Morgan fingerprint density at radius 2 is 1.77 bits per heavy atom. The van der Waals surface area contributed by atoms with Gasteiger partial charge in [0.2, 0.25) is 0 Å². The van der Waals surface area contributed by atoms with Crippen molar-refractivity contribution in [3.63, 3.8) is 0 Å². The lowest BCUT2D eigenvalue weighted by Crippen LogP contribution is -2.58. The van der Waals surface area contributed by atoms with Gasteiger partial charge < -0.3 is 9.80 Å². The van der Waals surface area contributed by atoms with Crippen LogP contribution in [0.2, 0.25) is 0 Å². The van der Waals surface area contributed by atoms with Crippen LogP contribution in [-0.4, -0.2) is 44.3 Å². The molecule has 2 heterocycles. The molecule has 0 bridgehead atoms. The van der Waals surface area contributed by atoms with Gasteiger partial charge in [0.15, 0.2) is 0 Å². The molecule has 3 rings (SSSR count). The zero-order valence-corrected chi connectivity index (χ0v) is 13.2. The first kappa shape index (κ1) is 15.7. The number of benzene rings is 1. The molecule has 1 aromatic carbocycles.